The highest BCUT2D eigenvalue weighted by molar-refractivity contribution is 7.80. The topological polar surface area (TPSA) is 83.8 Å². The van der Waals surface area contributed by atoms with Gasteiger partial charge in [0.05, 0.1) is 18.2 Å². The Balaban J connectivity index is 2.11. The molecular formula is C12H10F2N4OS. The maximum atomic E-state index is 13.4. The summed E-state index contributed by atoms with van der Waals surface area (Å²) in [5.74, 6) is -2.36. The van der Waals surface area contributed by atoms with E-state index in [1.165, 1.54) is 18.3 Å². The Morgan fingerprint density at radius 3 is 2.90 bits per heavy atom. The fourth-order valence-electron chi connectivity index (χ4n) is 1.61. The smallest absolute Gasteiger partial charge is 0.230 e. The second-order valence-electron chi connectivity index (χ2n) is 3.96. The summed E-state index contributed by atoms with van der Waals surface area (Å²) in [5, 5.41) is 8.66. The van der Waals surface area contributed by atoms with Crippen LogP contribution in [0.4, 0.5) is 14.6 Å². The molecule has 1 aromatic heterocycles. The molecule has 104 valence electrons. The molecule has 0 aliphatic carbocycles. The van der Waals surface area contributed by atoms with Crippen LogP contribution in [0.3, 0.4) is 0 Å². The molecule has 5 nitrogen and oxygen atoms in total. The van der Waals surface area contributed by atoms with Gasteiger partial charge in [0.15, 0.2) is 11.6 Å². The van der Waals surface area contributed by atoms with Crippen molar-refractivity contribution in [2.45, 2.75) is 6.42 Å². The summed E-state index contributed by atoms with van der Waals surface area (Å²) >= 11 is 4.78. The molecule has 8 heteroatoms. The molecule has 0 atom stereocenters. The van der Waals surface area contributed by atoms with Crippen molar-refractivity contribution in [3.8, 4) is 0 Å². The number of H-pyrrole nitrogens is 1. The second kappa shape index (κ2) is 5.74. The number of carbonyl (C=O) groups is 1. The van der Waals surface area contributed by atoms with Crippen LogP contribution in [0.15, 0.2) is 24.4 Å². The number of benzene rings is 1. The average Bonchev–Trinajstić information content (AvgIpc) is 2.83. The van der Waals surface area contributed by atoms with Gasteiger partial charge in [-0.3, -0.25) is 9.89 Å². The first kappa shape index (κ1) is 14.1. The predicted octanol–water partition coefficient (Wildman–Crippen LogP) is 1.50. The zero-order valence-corrected chi connectivity index (χ0v) is 10.9. The van der Waals surface area contributed by atoms with Crippen LogP contribution in [0.5, 0.6) is 0 Å². The highest BCUT2D eigenvalue weighted by Gasteiger charge is 2.14. The van der Waals surface area contributed by atoms with E-state index in [4.69, 9.17) is 18.0 Å². The average molecular weight is 296 g/mol. The molecule has 2 aromatic rings. The van der Waals surface area contributed by atoms with Crippen LogP contribution in [0.1, 0.15) is 11.1 Å². The van der Waals surface area contributed by atoms with E-state index in [-0.39, 0.29) is 22.8 Å². The number of aromatic amines is 1. The Morgan fingerprint density at radius 1 is 1.45 bits per heavy atom. The fourth-order valence-corrected chi connectivity index (χ4v) is 1.76. The third kappa shape index (κ3) is 2.97. The first-order valence-corrected chi connectivity index (χ1v) is 5.95. The number of rotatable bonds is 4. The lowest BCUT2D eigenvalue weighted by atomic mass is 10.1. The summed E-state index contributed by atoms with van der Waals surface area (Å²) in [6.45, 7) is 0. The van der Waals surface area contributed by atoms with Crippen molar-refractivity contribution in [3.05, 3.63) is 47.2 Å². The molecule has 2 rings (SSSR count). The molecule has 0 saturated carbocycles. The van der Waals surface area contributed by atoms with E-state index < -0.39 is 17.5 Å². The van der Waals surface area contributed by atoms with Gasteiger partial charge in [-0.25, -0.2) is 8.78 Å². The molecule has 1 amide bonds. The van der Waals surface area contributed by atoms with Crippen molar-refractivity contribution in [2.24, 2.45) is 5.73 Å². The molecule has 0 fully saturated rings. The van der Waals surface area contributed by atoms with Crippen molar-refractivity contribution in [3.63, 3.8) is 0 Å². The van der Waals surface area contributed by atoms with Crippen molar-refractivity contribution >= 4 is 28.9 Å². The summed E-state index contributed by atoms with van der Waals surface area (Å²) in [5.41, 5.74) is 5.77. The number of halogens is 2. The molecular weight excluding hydrogens is 286 g/mol. The summed E-state index contributed by atoms with van der Waals surface area (Å²) in [6.07, 6.45) is 1.04. The van der Waals surface area contributed by atoms with Gasteiger partial charge in [-0.2, -0.15) is 5.10 Å². The minimum Gasteiger partial charge on any atom is -0.389 e. The quantitative estimate of drug-likeness (QED) is 0.747. The molecule has 1 heterocycles. The summed E-state index contributed by atoms with van der Waals surface area (Å²) in [4.78, 5) is 11.8. The Hall–Kier alpha value is -2.35. The number of thiocarbonyl (C=S) groups is 1. The maximum absolute atomic E-state index is 13.4. The highest BCUT2D eigenvalue weighted by Crippen LogP contribution is 2.14. The van der Waals surface area contributed by atoms with Crippen molar-refractivity contribution < 1.29 is 13.6 Å². The van der Waals surface area contributed by atoms with Gasteiger partial charge < -0.3 is 11.1 Å². The van der Waals surface area contributed by atoms with Crippen LogP contribution in [0.25, 0.3) is 0 Å². The van der Waals surface area contributed by atoms with Gasteiger partial charge in [-0.05, 0) is 6.07 Å². The van der Waals surface area contributed by atoms with Gasteiger partial charge in [0.25, 0.3) is 0 Å². The number of hydrogen-bond acceptors (Lipinski definition) is 3. The number of carbonyl (C=O) groups excluding carboxylic acids is 1. The third-order valence-electron chi connectivity index (χ3n) is 2.55. The molecule has 0 spiro atoms. The molecule has 0 aliphatic heterocycles. The largest absolute Gasteiger partial charge is 0.389 e. The number of anilines is 1. The first-order valence-electron chi connectivity index (χ1n) is 5.55. The Kier molecular flexibility index (Phi) is 4.04. The van der Waals surface area contributed by atoms with Gasteiger partial charge in [0.2, 0.25) is 5.91 Å². The number of aromatic nitrogens is 2. The SMILES string of the molecule is NC(=S)c1cn[nH]c1NC(=O)Cc1cccc(F)c1F. The zero-order chi connectivity index (χ0) is 14.7. The zero-order valence-electron chi connectivity index (χ0n) is 10.1. The number of nitrogens with zero attached hydrogens (tertiary/aromatic N) is 1. The van der Waals surface area contributed by atoms with E-state index in [2.05, 4.69) is 15.5 Å². The highest BCUT2D eigenvalue weighted by atomic mass is 32.1. The number of amides is 1. The van der Waals surface area contributed by atoms with Crippen LogP contribution in [-0.2, 0) is 11.2 Å². The summed E-state index contributed by atoms with van der Waals surface area (Å²) in [6, 6.07) is 3.65. The van der Waals surface area contributed by atoms with Crippen LogP contribution in [0, 0.1) is 11.6 Å². The van der Waals surface area contributed by atoms with Crippen molar-refractivity contribution in [2.75, 3.05) is 5.32 Å². The van der Waals surface area contributed by atoms with Crippen LogP contribution in [0.2, 0.25) is 0 Å². The lowest BCUT2D eigenvalue weighted by Gasteiger charge is -2.06. The van der Waals surface area contributed by atoms with Gasteiger partial charge in [0.1, 0.15) is 10.8 Å². The van der Waals surface area contributed by atoms with Crippen LogP contribution >= 0.6 is 12.2 Å². The minimum absolute atomic E-state index is 0.0427. The predicted molar refractivity (Wildman–Crippen MR) is 73.2 cm³/mol. The fraction of sp³-hybridized carbons (Fsp3) is 0.0833. The number of hydrogen-bond donors (Lipinski definition) is 3. The normalized spacial score (nSPS) is 10.3. The third-order valence-corrected chi connectivity index (χ3v) is 2.77. The van der Waals surface area contributed by atoms with E-state index >= 15 is 0 Å². The van der Waals surface area contributed by atoms with E-state index in [0.717, 1.165) is 6.07 Å². The van der Waals surface area contributed by atoms with Gasteiger partial charge >= 0.3 is 0 Å². The molecule has 0 unspecified atom stereocenters. The second-order valence-corrected chi connectivity index (χ2v) is 4.40. The van der Waals surface area contributed by atoms with Gasteiger partial charge in [-0.15, -0.1) is 0 Å². The molecule has 4 N–H and O–H groups in total. The monoisotopic (exact) mass is 296 g/mol. The first-order chi connectivity index (χ1) is 9.49. The van der Waals surface area contributed by atoms with E-state index in [0.29, 0.717) is 5.56 Å². The number of nitrogens with two attached hydrogens (primary N) is 1. The summed E-state index contributed by atoms with van der Waals surface area (Å²) < 4.78 is 26.5. The summed E-state index contributed by atoms with van der Waals surface area (Å²) in [7, 11) is 0. The molecule has 0 bridgehead atoms. The van der Waals surface area contributed by atoms with Crippen LogP contribution < -0.4 is 11.1 Å². The maximum Gasteiger partial charge on any atom is 0.230 e. The van der Waals surface area contributed by atoms with Crippen LogP contribution in [-0.4, -0.2) is 21.1 Å². The lowest BCUT2D eigenvalue weighted by Crippen LogP contribution is -2.19. The van der Waals surface area contributed by atoms with Crippen molar-refractivity contribution in [1.29, 1.82) is 0 Å². The molecule has 0 radical (unpaired) electrons. The molecule has 0 aliphatic rings. The van der Waals surface area contributed by atoms with Gasteiger partial charge in [0, 0.05) is 5.56 Å². The lowest BCUT2D eigenvalue weighted by molar-refractivity contribution is -0.115. The minimum atomic E-state index is -1.04. The van der Waals surface area contributed by atoms with E-state index in [9.17, 15) is 13.6 Å². The standard InChI is InChI=1S/C12H10F2N4OS/c13-8-3-1-2-6(10(8)14)4-9(19)17-12-7(11(15)20)5-16-18-12/h1-3,5H,4H2,(H2,15,20)(H2,16,17,18,19). The van der Waals surface area contributed by atoms with E-state index in [1.807, 2.05) is 0 Å². The molecule has 20 heavy (non-hydrogen) atoms. The van der Waals surface area contributed by atoms with Gasteiger partial charge in [-0.1, -0.05) is 24.4 Å². The Morgan fingerprint density at radius 2 is 2.20 bits per heavy atom. The van der Waals surface area contributed by atoms with E-state index in [1.54, 1.807) is 0 Å². The molecule has 0 saturated heterocycles. The molecule has 1 aromatic carbocycles. The Bertz CT molecular complexity index is 671. The number of nitrogens with one attached hydrogen (secondary N) is 2. The Labute approximate surface area is 118 Å². The van der Waals surface area contributed by atoms with Crippen molar-refractivity contribution in [1.82, 2.24) is 10.2 Å².